The van der Waals surface area contributed by atoms with Gasteiger partial charge in [0.1, 0.15) is 10.9 Å². The van der Waals surface area contributed by atoms with E-state index in [1.165, 1.54) is 12.3 Å². The molecule has 0 saturated heterocycles. The monoisotopic (exact) mass is 293 g/mol. The maximum absolute atomic E-state index is 11.8. The summed E-state index contributed by atoms with van der Waals surface area (Å²) in [6.07, 6.45) is 1.48. The summed E-state index contributed by atoms with van der Waals surface area (Å²) in [6, 6.07) is 3.09. The van der Waals surface area contributed by atoms with Crippen LogP contribution in [0, 0.1) is 13.8 Å². The molecule has 0 amide bonds. The van der Waals surface area contributed by atoms with Crippen LogP contribution in [0.3, 0.4) is 0 Å². The normalized spacial score (nSPS) is 11.5. The highest BCUT2D eigenvalue weighted by molar-refractivity contribution is 6.32. The Morgan fingerprint density at radius 2 is 2.20 bits per heavy atom. The van der Waals surface area contributed by atoms with E-state index < -0.39 is 5.97 Å². The molecular weight excluding hydrogens is 282 g/mol. The lowest BCUT2D eigenvalue weighted by Gasteiger charge is -2.00. The zero-order chi connectivity index (χ0) is 14.7. The standard InChI is InChI=1S/C13H12ClN3O3/c1-7-11(19-9(3)16-7)8(2)17-20-13(18)10-5-4-6-15-12(10)14/h4-6H,1-3H3/b17-8-. The van der Waals surface area contributed by atoms with E-state index in [-0.39, 0.29) is 10.7 Å². The van der Waals surface area contributed by atoms with Gasteiger partial charge in [-0.1, -0.05) is 16.8 Å². The van der Waals surface area contributed by atoms with Crippen molar-refractivity contribution in [2.45, 2.75) is 20.8 Å². The maximum atomic E-state index is 11.8. The summed E-state index contributed by atoms with van der Waals surface area (Å²) < 4.78 is 5.37. The van der Waals surface area contributed by atoms with Crippen molar-refractivity contribution in [2.24, 2.45) is 5.16 Å². The van der Waals surface area contributed by atoms with Crippen molar-refractivity contribution in [1.29, 1.82) is 0 Å². The van der Waals surface area contributed by atoms with Crippen LogP contribution in [-0.4, -0.2) is 21.6 Å². The van der Waals surface area contributed by atoms with Crippen molar-refractivity contribution < 1.29 is 14.0 Å². The van der Waals surface area contributed by atoms with Crippen molar-refractivity contribution in [1.82, 2.24) is 9.97 Å². The lowest BCUT2D eigenvalue weighted by molar-refractivity contribution is 0.0515. The molecule has 2 aromatic heterocycles. The van der Waals surface area contributed by atoms with Gasteiger partial charge in [0.15, 0.2) is 11.7 Å². The highest BCUT2D eigenvalue weighted by Crippen LogP contribution is 2.14. The Morgan fingerprint density at radius 3 is 2.80 bits per heavy atom. The van der Waals surface area contributed by atoms with Crippen LogP contribution in [0.4, 0.5) is 0 Å². The number of carbonyl (C=O) groups is 1. The minimum atomic E-state index is -0.684. The zero-order valence-electron chi connectivity index (χ0n) is 11.2. The summed E-state index contributed by atoms with van der Waals surface area (Å²) in [4.78, 5) is 24.5. The summed E-state index contributed by atoms with van der Waals surface area (Å²) in [5.74, 6) is 0.317. The molecular formula is C13H12ClN3O3. The molecule has 0 atom stereocenters. The Morgan fingerprint density at radius 1 is 1.45 bits per heavy atom. The number of hydrogen-bond donors (Lipinski definition) is 0. The van der Waals surface area contributed by atoms with Crippen LogP contribution in [0.15, 0.2) is 27.9 Å². The first-order chi connectivity index (χ1) is 9.49. The summed E-state index contributed by atoms with van der Waals surface area (Å²) in [5.41, 5.74) is 1.24. The molecule has 2 aromatic rings. The fourth-order valence-corrected chi connectivity index (χ4v) is 1.80. The molecule has 0 aromatic carbocycles. The third kappa shape index (κ3) is 3.03. The van der Waals surface area contributed by atoms with Crippen molar-refractivity contribution in [3.8, 4) is 0 Å². The molecule has 20 heavy (non-hydrogen) atoms. The lowest BCUT2D eigenvalue weighted by Crippen LogP contribution is -2.05. The highest BCUT2D eigenvalue weighted by atomic mass is 35.5. The van der Waals surface area contributed by atoms with Gasteiger partial charge >= 0.3 is 5.97 Å². The molecule has 0 unspecified atom stereocenters. The van der Waals surface area contributed by atoms with E-state index in [1.54, 1.807) is 26.8 Å². The van der Waals surface area contributed by atoms with Crippen molar-refractivity contribution in [2.75, 3.05) is 0 Å². The number of nitrogens with zero attached hydrogens (tertiary/aromatic N) is 3. The van der Waals surface area contributed by atoms with Crippen molar-refractivity contribution >= 4 is 23.3 Å². The molecule has 0 bridgehead atoms. The second kappa shape index (κ2) is 5.83. The van der Waals surface area contributed by atoms with E-state index in [0.717, 1.165) is 0 Å². The van der Waals surface area contributed by atoms with Gasteiger partial charge in [0.2, 0.25) is 0 Å². The average Bonchev–Trinajstić information content (AvgIpc) is 2.75. The number of hydrogen-bond acceptors (Lipinski definition) is 6. The van der Waals surface area contributed by atoms with Crippen LogP contribution in [0.2, 0.25) is 5.15 Å². The molecule has 6 nitrogen and oxygen atoms in total. The minimum Gasteiger partial charge on any atom is -0.439 e. The summed E-state index contributed by atoms with van der Waals surface area (Å²) in [7, 11) is 0. The number of oxazole rings is 1. The van der Waals surface area contributed by atoms with Crippen LogP contribution >= 0.6 is 11.6 Å². The second-order valence-corrected chi connectivity index (χ2v) is 4.40. The van der Waals surface area contributed by atoms with Gasteiger partial charge in [-0.2, -0.15) is 0 Å². The molecule has 104 valence electrons. The van der Waals surface area contributed by atoms with Gasteiger partial charge in [-0.3, -0.25) is 0 Å². The molecule has 7 heteroatoms. The Labute approximate surface area is 120 Å². The van der Waals surface area contributed by atoms with Crippen LogP contribution in [-0.2, 0) is 4.84 Å². The zero-order valence-corrected chi connectivity index (χ0v) is 11.9. The van der Waals surface area contributed by atoms with Gasteiger partial charge in [-0.25, -0.2) is 14.8 Å². The van der Waals surface area contributed by atoms with Crippen LogP contribution in [0.25, 0.3) is 0 Å². The largest absolute Gasteiger partial charge is 0.439 e. The first-order valence-corrected chi connectivity index (χ1v) is 6.17. The number of aromatic nitrogens is 2. The first kappa shape index (κ1) is 14.2. The topological polar surface area (TPSA) is 77.6 Å². The summed E-state index contributed by atoms with van der Waals surface area (Å²) in [5, 5.41) is 3.80. The lowest BCUT2D eigenvalue weighted by atomic mass is 10.3. The first-order valence-electron chi connectivity index (χ1n) is 5.80. The molecule has 0 fully saturated rings. The molecule has 0 aliphatic rings. The van der Waals surface area contributed by atoms with E-state index >= 15 is 0 Å². The Hall–Kier alpha value is -2.21. The molecule has 0 aliphatic carbocycles. The number of halogens is 1. The quantitative estimate of drug-likeness (QED) is 0.376. The smallest absolute Gasteiger partial charge is 0.368 e. The van der Waals surface area contributed by atoms with E-state index in [9.17, 15) is 4.79 Å². The molecule has 2 heterocycles. The molecule has 0 spiro atoms. The van der Waals surface area contributed by atoms with Gasteiger partial charge in [-0.15, -0.1) is 0 Å². The number of aryl methyl sites for hydroxylation is 2. The van der Waals surface area contributed by atoms with Crippen LogP contribution in [0.5, 0.6) is 0 Å². The summed E-state index contributed by atoms with van der Waals surface area (Å²) >= 11 is 5.79. The predicted octanol–water partition coefficient (Wildman–Crippen LogP) is 2.92. The average molecular weight is 294 g/mol. The fraction of sp³-hybridized carbons (Fsp3) is 0.231. The van der Waals surface area contributed by atoms with Gasteiger partial charge in [0.25, 0.3) is 0 Å². The minimum absolute atomic E-state index is 0.0667. The summed E-state index contributed by atoms with van der Waals surface area (Å²) in [6.45, 7) is 5.17. The van der Waals surface area contributed by atoms with E-state index in [2.05, 4.69) is 15.1 Å². The third-order valence-electron chi connectivity index (χ3n) is 2.48. The Bertz CT molecular complexity index is 679. The highest BCUT2D eigenvalue weighted by Gasteiger charge is 2.14. The number of carbonyl (C=O) groups excluding carboxylic acids is 1. The Balaban J connectivity index is 2.15. The fourth-order valence-electron chi connectivity index (χ4n) is 1.61. The molecule has 0 N–H and O–H groups in total. The number of pyridine rings is 1. The molecule has 0 radical (unpaired) electrons. The second-order valence-electron chi connectivity index (χ2n) is 4.04. The molecule has 0 saturated carbocycles. The third-order valence-corrected chi connectivity index (χ3v) is 2.78. The van der Waals surface area contributed by atoms with E-state index in [4.69, 9.17) is 20.9 Å². The predicted molar refractivity (Wildman–Crippen MR) is 72.9 cm³/mol. The molecule has 2 rings (SSSR count). The number of oxime groups is 1. The SMILES string of the molecule is C/C(=N/OC(=O)c1cccnc1Cl)c1oc(C)nc1C. The Kier molecular flexibility index (Phi) is 4.14. The van der Waals surface area contributed by atoms with E-state index in [0.29, 0.717) is 23.1 Å². The van der Waals surface area contributed by atoms with Crippen molar-refractivity contribution in [3.63, 3.8) is 0 Å². The van der Waals surface area contributed by atoms with Crippen LogP contribution in [0.1, 0.15) is 34.6 Å². The van der Waals surface area contributed by atoms with Gasteiger partial charge in [0.05, 0.1) is 11.3 Å². The maximum Gasteiger partial charge on any atom is 0.368 e. The van der Waals surface area contributed by atoms with Crippen molar-refractivity contribution in [3.05, 3.63) is 46.4 Å². The van der Waals surface area contributed by atoms with Gasteiger partial charge < -0.3 is 9.25 Å². The van der Waals surface area contributed by atoms with Gasteiger partial charge in [0, 0.05) is 13.1 Å². The molecule has 0 aliphatic heterocycles. The van der Waals surface area contributed by atoms with E-state index in [1.807, 2.05) is 0 Å². The van der Waals surface area contributed by atoms with Crippen LogP contribution < -0.4 is 0 Å². The number of rotatable bonds is 3. The van der Waals surface area contributed by atoms with Gasteiger partial charge in [-0.05, 0) is 26.0 Å².